The molecule has 2 N–H and O–H groups in total. The molecule has 0 saturated carbocycles. The highest BCUT2D eigenvalue weighted by Crippen LogP contribution is 2.37. The van der Waals surface area contributed by atoms with Gasteiger partial charge in [0.25, 0.3) is 0 Å². The van der Waals surface area contributed by atoms with Crippen LogP contribution in [0.3, 0.4) is 0 Å². The van der Waals surface area contributed by atoms with E-state index in [0.29, 0.717) is 6.54 Å². The zero-order chi connectivity index (χ0) is 14.7. The summed E-state index contributed by atoms with van der Waals surface area (Å²) in [6.45, 7) is 2.39. The van der Waals surface area contributed by atoms with Crippen molar-refractivity contribution in [2.24, 2.45) is 5.73 Å². The monoisotopic (exact) mass is 346 g/mol. The van der Waals surface area contributed by atoms with Crippen LogP contribution < -0.4 is 15.4 Å². The number of ether oxygens (including phenoxy) is 1. The number of rotatable bonds is 3. The smallest absolute Gasteiger partial charge is 0.142 e. The Labute approximate surface area is 133 Å². The molecule has 3 nitrogen and oxygen atoms in total. The largest absolute Gasteiger partial charge is 0.491 e. The van der Waals surface area contributed by atoms with Crippen LogP contribution in [0.25, 0.3) is 0 Å². The summed E-state index contributed by atoms with van der Waals surface area (Å²) in [5, 5.41) is 0. The number of halogens is 1. The third-order valence-electron chi connectivity index (χ3n) is 3.70. The first-order valence-corrected chi connectivity index (χ1v) is 8.07. The van der Waals surface area contributed by atoms with Gasteiger partial charge in [-0.15, -0.1) is 0 Å². The van der Waals surface area contributed by atoms with E-state index in [1.807, 2.05) is 12.1 Å². The second-order valence-electron chi connectivity index (χ2n) is 5.14. The lowest BCUT2D eigenvalue weighted by atomic mass is 10.1. The lowest BCUT2D eigenvalue weighted by Crippen LogP contribution is -2.17. The van der Waals surface area contributed by atoms with Crippen molar-refractivity contribution in [1.29, 1.82) is 0 Å². The second-order valence-corrected chi connectivity index (χ2v) is 5.99. The average Bonchev–Trinajstić information content (AvgIpc) is 2.72. The molecule has 0 amide bonds. The van der Waals surface area contributed by atoms with Crippen LogP contribution in [0.5, 0.6) is 5.75 Å². The maximum atomic E-state index is 5.82. The Bertz CT molecular complexity index is 630. The maximum Gasteiger partial charge on any atom is 0.142 e. The van der Waals surface area contributed by atoms with E-state index in [4.69, 9.17) is 10.5 Å². The molecule has 0 radical (unpaired) electrons. The fraction of sp³-hybridized carbons (Fsp3) is 0.294. The van der Waals surface area contributed by atoms with Crippen LogP contribution in [-0.2, 0) is 6.42 Å². The molecule has 21 heavy (non-hydrogen) atoms. The molecule has 0 fully saturated rings. The fourth-order valence-corrected chi connectivity index (χ4v) is 3.22. The summed E-state index contributed by atoms with van der Waals surface area (Å²) in [6.07, 6.45) is 1.90. The summed E-state index contributed by atoms with van der Waals surface area (Å²) < 4.78 is 6.94. The Morgan fingerprint density at radius 3 is 2.86 bits per heavy atom. The van der Waals surface area contributed by atoms with Gasteiger partial charge in [-0.05, 0) is 49.2 Å². The van der Waals surface area contributed by atoms with Crippen molar-refractivity contribution in [1.82, 2.24) is 0 Å². The molecule has 4 heteroatoms. The summed E-state index contributed by atoms with van der Waals surface area (Å²) in [6, 6.07) is 14.7. The number of anilines is 2. The van der Waals surface area contributed by atoms with Crippen LogP contribution in [0.15, 0.2) is 46.9 Å². The Kier molecular flexibility index (Phi) is 4.46. The van der Waals surface area contributed by atoms with Gasteiger partial charge >= 0.3 is 0 Å². The first-order chi connectivity index (χ1) is 10.3. The van der Waals surface area contributed by atoms with Gasteiger partial charge in [0.1, 0.15) is 5.75 Å². The first-order valence-electron chi connectivity index (χ1n) is 7.27. The summed E-state index contributed by atoms with van der Waals surface area (Å²) in [5.74, 6) is 0.956. The molecule has 2 aromatic rings. The maximum absolute atomic E-state index is 5.82. The Morgan fingerprint density at radius 1 is 1.19 bits per heavy atom. The number of para-hydroxylation sites is 2. The van der Waals surface area contributed by atoms with Gasteiger partial charge in [0, 0.05) is 16.7 Å². The number of nitrogens with two attached hydrogens (primary N) is 1. The Hall–Kier alpha value is -1.52. The lowest BCUT2D eigenvalue weighted by molar-refractivity contribution is 0.322. The van der Waals surface area contributed by atoms with Crippen molar-refractivity contribution in [3.8, 4) is 5.75 Å². The van der Waals surface area contributed by atoms with Crippen LogP contribution in [0.4, 0.5) is 11.4 Å². The van der Waals surface area contributed by atoms with Crippen LogP contribution in [0.2, 0.25) is 0 Å². The molecule has 0 bridgehead atoms. The molecule has 2 aromatic carbocycles. The van der Waals surface area contributed by atoms with Gasteiger partial charge in [-0.3, -0.25) is 0 Å². The highest BCUT2D eigenvalue weighted by Gasteiger charge is 2.17. The topological polar surface area (TPSA) is 38.5 Å². The molecule has 1 aliphatic rings. The number of fused-ring (bicyclic) bond motifs is 1. The summed E-state index contributed by atoms with van der Waals surface area (Å²) in [7, 11) is 0. The van der Waals surface area contributed by atoms with E-state index in [2.05, 4.69) is 51.2 Å². The SMILES string of the molecule is NCCc1ccc(N2CCCOc3ccccc32)cc1Br. The molecule has 110 valence electrons. The second kappa shape index (κ2) is 6.50. The number of nitrogens with zero attached hydrogens (tertiary/aromatic N) is 1. The van der Waals surface area contributed by atoms with Crippen molar-refractivity contribution in [2.45, 2.75) is 12.8 Å². The third-order valence-corrected chi connectivity index (χ3v) is 4.44. The molecule has 3 rings (SSSR count). The standard InChI is InChI=1S/C17H19BrN2O/c18-15-12-14(7-6-13(15)8-9-19)20-10-3-11-21-17-5-2-1-4-16(17)20/h1-2,4-7,12H,3,8-11,19H2. The Balaban J connectivity index is 1.98. The van der Waals surface area contributed by atoms with E-state index in [0.717, 1.165) is 41.9 Å². The highest BCUT2D eigenvalue weighted by atomic mass is 79.9. The molecular formula is C17H19BrN2O. The van der Waals surface area contributed by atoms with Gasteiger partial charge < -0.3 is 15.4 Å². The quantitative estimate of drug-likeness (QED) is 0.916. The van der Waals surface area contributed by atoms with Crippen molar-refractivity contribution < 1.29 is 4.74 Å². The lowest BCUT2D eigenvalue weighted by Gasteiger charge is -2.24. The van der Waals surface area contributed by atoms with Gasteiger partial charge in [0.2, 0.25) is 0 Å². The van der Waals surface area contributed by atoms with E-state index >= 15 is 0 Å². The van der Waals surface area contributed by atoms with Gasteiger partial charge in [-0.25, -0.2) is 0 Å². The molecule has 0 spiro atoms. The predicted octanol–water partition coefficient (Wildman–Crippen LogP) is 3.87. The molecule has 0 aliphatic carbocycles. The molecule has 0 atom stereocenters. The van der Waals surface area contributed by atoms with Crippen LogP contribution in [0, 0.1) is 0 Å². The Morgan fingerprint density at radius 2 is 2.05 bits per heavy atom. The van der Waals surface area contributed by atoms with Crippen molar-refractivity contribution in [2.75, 3.05) is 24.6 Å². The molecular weight excluding hydrogens is 328 g/mol. The van der Waals surface area contributed by atoms with E-state index in [9.17, 15) is 0 Å². The number of hydrogen-bond acceptors (Lipinski definition) is 3. The first kappa shape index (κ1) is 14.4. The van der Waals surface area contributed by atoms with Gasteiger partial charge in [-0.2, -0.15) is 0 Å². The van der Waals surface area contributed by atoms with Crippen molar-refractivity contribution >= 4 is 27.3 Å². The van der Waals surface area contributed by atoms with Crippen LogP contribution >= 0.6 is 15.9 Å². The fourth-order valence-electron chi connectivity index (χ4n) is 2.66. The van der Waals surface area contributed by atoms with Gasteiger partial charge in [-0.1, -0.05) is 34.1 Å². The average molecular weight is 347 g/mol. The molecule has 1 aliphatic heterocycles. The third kappa shape index (κ3) is 3.06. The minimum Gasteiger partial charge on any atom is -0.491 e. The van der Waals surface area contributed by atoms with E-state index in [1.54, 1.807) is 0 Å². The zero-order valence-electron chi connectivity index (χ0n) is 11.9. The van der Waals surface area contributed by atoms with Gasteiger partial charge in [0.15, 0.2) is 0 Å². The number of hydrogen-bond donors (Lipinski definition) is 1. The van der Waals surface area contributed by atoms with Crippen LogP contribution in [-0.4, -0.2) is 19.7 Å². The van der Waals surface area contributed by atoms with E-state index in [-0.39, 0.29) is 0 Å². The summed E-state index contributed by atoms with van der Waals surface area (Å²) in [4.78, 5) is 2.32. The van der Waals surface area contributed by atoms with E-state index in [1.165, 1.54) is 11.3 Å². The van der Waals surface area contributed by atoms with Crippen molar-refractivity contribution in [3.63, 3.8) is 0 Å². The zero-order valence-corrected chi connectivity index (χ0v) is 13.5. The van der Waals surface area contributed by atoms with E-state index < -0.39 is 0 Å². The predicted molar refractivity (Wildman–Crippen MR) is 90.5 cm³/mol. The molecule has 0 aromatic heterocycles. The normalized spacial score (nSPS) is 14.3. The van der Waals surface area contributed by atoms with Crippen LogP contribution in [0.1, 0.15) is 12.0 Å². The molecule has 0 saturated heterocycles. The number of benzene rings is 2. The molecule has 1 heterocycles. The summed E-state index contributed by atoms with van der Waals surface area (Å²) in [5.41, 5.74) is 9.21. The summed E-state index contributed by atoms with van der Waals surface area (Å²) >= 11 is 3.66. The minimum atomic E-state index is 0.665. The van der Waals surface area contributed by atoms with Gasteiger partial charge in [0.05, 0.1) is 12.3 Å². The van der Waals surface area contributed by atoms with Crippen molar-refractivity contribution in [3.05, 3.63) is 52.5 Å². The molecule has 0 unspecified atom stereocenters. The minimum absolute atomic E-state index is 0.665. The highest BCUT2D eigenvalue weighted by molar-refractivity contribution is 9.10.